The van der Waals surface area contributed by atoms with E-state index in [0.29, 0.717) is 12.2 Å². The summed E-state index contributed by atoms with van der Waals surface area (Å²) in [4.78, 5) is 24.6. The number of hydrogen-bond acceptors (Lipinski definition) is 3. The van der Waals surface area contributed by atoms with Crippen molar-refractivity contribution < 1.29 is 19.8 Å². The van der Waals surface area contributed by atoms with E-state index in [1.165, 1.54) is 4.90 Å². The molecule has 6 nitrogen and oxygen atoms in total. The van der Waals surface area contributed by atoms with Crippen LogP contribution in [0.25, 0.3) is 0 Å². The van der Waals surface area contributed by atoms with Crippen molar-refractivity contribution >= 4 is 17.7 Å². The van der Waals surface area contributed by atoms with Crippen molar-refractivity contribution in [3.05, 3.63) is 29.8 Å². The number of rotatable bonds is 6. The van der Waals surface area contributed by atoms with Crippen LogP contribution >= 0.6 is 0 Å². The zero-order valence-corrected chi connectivity index (χ0v) is 11.7. The number of carboxylic acid groups (broad SMARTS) is 1. The highest BCUT2D eigenvalue weighted by atomic mass is 16.4. The number of nitrogens with one attached hydrogen (secondary N) is 1. The van der Waals surface area contributed by atoms with E-state index in [9.17, 15) is 9.59 Å². The van der Waals surface area contributed by atoms with Crippen molar-refractivity contribution in [2.45, 2.75) is 26.3 Å². The highest BCUT2D eigenvalue weighted by molar-refractivity contribution is 5.94. The molecule has 0 radical (unpaired) electrons. The van der Waals surface area contributed by atoms with Gasteiger partial charge in [0, 0.05) is 25.3 Å². The van der Waals surface area contributed by atoms with Gasteiger partial charge in [-0.25, -0.2) is 9.59 Å². The lowest BCUT2D eigenvalue weighted by Gasteiger charge is -2.24. The van der Waals surface area contributed by atoms with Crippen LogP contribution in [0.5, 0.6) is 0 Å². The third-order valence-corrected chi connectivity index (χ3v) is 2.89. The van der Waals surface area contributed by atoms with E-state index in [0.717, 1.165) is 5.56 Å². The minimum atomic E-state index is -1.16. The molecule has 1 rings (SSSR count). The van der Waals surface area contributed by atoms with Gasteiger partial charge in [-0.15, -0.1) is 0 Å². The van der Waals surface area contributed by atoms with Crippen molar-refractivity contribution in [2.75, 3.05) is 18.1 Å². The average molecular weight is 280 g/mol. The Morgan fingerprint density at radius 2 is 2.10 bits per heavy atom. The molecule has 0 aliphatic carbocycles. The molecule has 0 saturated carbocycles. The summed E-state index contributed by atoms with van der Waals surface area (Å²) in [6.45, 7) is 3.85. The quantitative estimate of drug-likeness (QED) is 0.734. The maximum Gasteiger partial charge on any atom is 0.326 e. The molecule has 0 bridgehead atoms. The van der Waals surface area contributed by atoms with Crippen LogP contribution in [0.15, 0.2) is 24.3 Å². The van der Waals surface area contributed by atoms with Gasteiger partial charge in [-0.05, 0) is 31.5 Å². The number of hydrogen-bond donors (Lipinski definition) is 3. The van der Waals surface area contributed by atoms with E-state index in [1.807, 2.05) is 32.0 Å². The van der Waals surface area contributed by atoms with Crippen molar-refractivity contribution in [3.8, 4) is 0 Å². The Morgan fingerprint density at radius 3 is 2.60 bits per heavy atom. The molecule has 0 aliphatic heterocycles. The Labute approximate surface area is 118 Å². The first kappa shape index (κ1) is 16.0. The van der Waals surface area contributed by atoms with Gasteiger partial charge in [0.05, 0.1) is 0 Å². The van der Waals surface area contributed by atoms with Crippen molar-refractivity contribution in [3.63, 3.8) is 0 Å². The summed E-state index contributed by atoms with van der Waals surface area (Å²) in [5, 5.41) is 20.2. The number of anilines is 1. The number of aliphatic hydroxyl groups is 1. The highest BCUT2D eigenvalue weighted by Gasteiger charge is 2.22. The number of urea groups is 1. The van der Waals surface area contributed by atoms with Gasteiger partial charge in [0.1, 0.15) is 6.04 Å². The molecule has 0 heterocycles. The first-order chi connectivity index (χ1) is 9.49. The molecule has 0 saturated heterocycles. The number of aliphatic hydroxyl groups excluding tert-OH is 1. The standard InChI is InChI=1S/C14H20N2O4/c1-3-16(11-6-4-5-10(2)9-11)14(20)15-12(7-8-17)13(18)19/h4-6,9,12,17H,3,7-8H2,1-2H3,(H,15,20)(H,18,19). The molecule has 0 aromatic heterocycles. The van der Waals surface area contributed by atoms with Crippen LogP contribution in [0, 0.1) is 6.92 Å². The number of aliphatic carboxylic acids is 1. The molecule has 20 heavy (non-hydrogen) atoms. The molecule has 1 aromatic rings. The minimum absolute atomic E-state index is 0.0214. The summed E-state index contributed by atoms with van der Waals surface area (Å²) < 4.78 is 0. The summed E-state index contributed by atoms with van der Waals surface area (Å²) in [7, 11) is 0. The predicted molar refractivity (Wildman–Crippen MR) is 75.9 cm³/mol. The third kappa shape index (κ3) is 4.24. The highest BCUT2D eigenvalue weighted by Crippen LogP contribution is 2.16. The predicted octanol–water partition coefficient (Wildman–Crippen LogP) is 1.37. The second-order valence-electron chi connectivity index (χ2n) is 4.44. The molecular weight excluding hydrogens is 260 g/mol. The average Bonchev–Trinajstić information content (AvgIpc) is 2.39. The number of aryl methyl sites for hydroxylation is 1. The van der Waals surface area contributed by atoms with Gasteiger partial charge in [-0.3, -0.25) is 4.90 Å². The Morgan fingerprint density at radius 1 is 1.40 bits per heavy atom. The summed E-state index contributed by atoms with van der Waals surface area (Å²) in [6.07, 6.45) is -0.0214. The van der Waals surface area contributed by atoms with Gasteiger partial charge in [0.15, 0.2) is 0 Å². The van der Waals surface area contributed by atoms with Crippen LogP contribution in [0.4, 0.5) is 10.5 Å². The molecule has 1 aromatic carbocycles. The van der Waals surface area contributed by atoms with Crippen LogP contribution in [0.1, 0.15) is 18.9 Å². The maximum atomic E-state index is 12.1. The molecule has 1 unspecified atom stereocenters. The van der Waals surface area contributed by atoms with Gasteiger partial charge in [0.2, 0.25) is 0 Å². The van der Waals surface area contributed by atoms with Gasteiger partial charge < -0.3 is 15.5 Å². The first-order valence-corrected chi connectivity index (χ1v) is 6.48. The number of carbonyl (C=O) groups excluding carboxylic acids is 1. The fourth-order valence-corrected chi connectivity index (χ4v) is 1.85. The summed E-state index contributed by atoms with van der Waals surface area (Å²) in [6, 6.07) is 5.82. The van der Waals surface area contributed by atoms with Gasteiger partial charge >= 0.3 is 12.0 Å². The number of carbonyl (C=O) groups is 2. The molecule has 1 atom stereocenters. The molecule has 6 heteroatoms. The Balaban J connectivity index is 2.84. The van der Waals surface area contributed by atoms with Crippen molar-refractivity contribution in [1.82, 2.24) is 5.32 Å². The van der Waals surface area contributed by atoms with Crippen LogP contribution in [0.2, 0.25) is 0 Å². The third-order valence-electron chi connectivity index (χ3n) is 2.89. The monoisotopic (exact) mass is 280 g/mol. The number of amides is 2. The molecular formula is C14H20N2O4. The van der Waals surface area contributed by atoms with E-state index >= 15 is 0 Å². The Kier molecular flexibility index (Phi) is 5.99. The minimum Gasteiger partial charge on any atom is -0.480 e. The van der Waals surface area contributed by atoms with E-state index in [-0.39, 0.29) is 13.0 Å². The number of carboxylic acids is 1. The van der Waals surface area contributed by atoms with Crippen LogP contribution in [-0.4, -0.2) is 41.4 Å². The molecule has 2 amide bonds. The molecule has 110 valence electrons. The summed E-state index contributed by atoms with van der Waals surface area (Å²) >= 11 is 0. The lowest BCUT2D eigenvalue weighted by Crippen LogP contribution is -2.48. The number of benzene rings is 1. The molecule has 0 aliphatic rings. The fourth-order valence-electron chi connectivity index (χ4n) is 1.85. The molecule has 0 spiro atoms. The number of nitrogens with zero attached hydrogens (tertiary/aromatic N) is 1. The zero-order valence-electron chi connectivity index (χ0n) is 11.7. The fraction of sp³-hybridized carbons (Fsp3) is 0.429. The van der Waals surface area contributed by atoms with Gasteiger partial charge in [0.25, 0.3) is 0 Å². The van der Waals surface area contributed by atoms with E-state index in [1.54, 1.807) is 6.07 Å². The lowest BCUT2D eigenvalue weighted by atomic mass is 10.2. The van der Waals surface area contributed by atoms with Gasteiger partial charge in [-0.1, -0.05) is 12.1 Å². The second kappa shape index (κ2) is 7.49. The van der Waals surface area contributed by atoms with Crippen molar-refractivity contribution in [1.29, 1.82) is 0 Å². The van der Waals surface area contributed by atoms with Crippen LogP contribution in [-0.2, 0) is 4.79 Å². The van der Waals surface area contributed by atoms with E-state index < -0.39 is 18.0 Å². The second-order valence-corrected chi connectivity index (χ2v) is 4.44. The van der Waals surface area contributed by atoms with E-state index in [2.05, 4.69) is 5.32 Å². The largest absolute Gasteiger partial charge is 0.480 e. The zero-order chi connectivity index (χ0) is 15.1. The molecule has 0 fully saturated rings. The summed E-state index contributed by atoms with van der Waals surface area (Å²) in [5.41, 5.74) is 1.72. The smallest absolute Gasteiger partial charge is 0.326 e. The van der Waals surface area contributed by atoms with E-state index in [4.69, 9.17) is 10.2 Å². The van der Waals surface area contributed by atoms with Gasteiger partial charge in [-0.2, -0.15) is 0 Å². The molecule has 3 N–H and O–H groups in total. The Bertz CT molecular complexity index is 476. The maximum absolute atomic E-state index is 12.1. The topological polar surface area (TPSA) is 89.9 Å². The first-order valence-electron chi connectivity index (χ1n) is 6.48. The SMILES string of the molecule is CCN(C(=O)NC(CCO)C(=O)O)c1cccc(C)c1. The van der Waals surface area contributed by atoms with Crippen molar-refractivity contribution in [2.24, 2.45) is 0 Å². The Hall–Kier alpha value is -2.08. The summed E-state index contributed by atoms with van der Waals surface area (Å²) in [5.74, 6) is -1.16. The normalized spacial score (nSPS) is 11.8. The lowest BCUT2D eigenvalue weighted by molar-refractivity contribution is -0.139. The van der Waals surface area contributed by atoms with Crippen LogP contribution in [0.3, 0.4) is 0 Å². The van der Waals surface area contributed by atoms with Crippen LogP contribution < -0.4 is 10.2 Å².